The minimum atomic E-state index is -1.19. The van der Waals surface area contributed by atoms with E-state index in [1.807, 2.05) is 12.1 Å². The van der Waals surface area contributed by atoms with Gasteiger partial charge in [0, 0.05) is 28.9 Å². The van der Waals surface area contributed by atoms with Crippen molar-refractivity contribution in [2.75, 3.05) is 0 Å². The van der Waals surface area contributed by atoms with E-state index in [1.165, 1.54) is 12.1 Å². The number of benzene rings is 2. The first-order valence-corrected chi connectivity index (χ1v) is 7.35. The number of hydrogen-bond acceptors (Lipinski definition) is 4. The summed E-state index contributed by atoms with van der Waals surface area (Å²) in [6, 6.07) is 8.23. The molecule has 0 aliphatic carbocycles. The predicted octanol–water partition coefficient (Wildman–Crippen LogP) is 2.88. The van der Waals surface area contributed by atoms with Crippen LogP contribution >= 0.6 is 0 Å². The molecule has 3 aromatic rings. The molecule has 0 saturated carbocycles. The van der Waals surface area contributed by atoms with Crippen LogP contribution in [0.2, 0.25) is 0 Å². The van der Waals surface area contributed by atoms with Crippen molar-refractivity contribution in [1.82, 2.24) is 4.57 Å². The van der Waals surface area contributed by atoms with Gasteiger partial charge in [-0.25, -0.2) is 4.79 Å². The van der Waals surface area contributed by atoms with E-state index in [-0.39, 0.29) is 11.3 Å². The maximum Gasteiger partial charge on any atom is 0.339 e. The lowest BCUT2D eigenvalue weighted by Crippen LogP contribution is -1.99. The maximum atomic E-state index is 11.4. The Labute approximate surface area is 136 Å². The highest BCUT2D eigenvalue weighted by Gasteiger charge is 2.18. The number of ether oxygens (including phenoxy) is 1. The van der Waals surface area contributed by atoms with Crippen molar-refractivity contribution >= 4 is 23.2 Å². The van der Waals surface area contributed by atoms with Gasteiger partial charge in [-0.1, -0.05) is 0 Å². The van der Waals surface area contributed by atoms with Crippen LogP contribution in [-0.2, 0) is 18.0 Å². The smallest absolute Gasteiger partial charge is 0.339 e. The van der Waals surface area contributed by atoms with Gasteiger partial charge in [-0.15, -0.1) is 0 Å². The molecule has 0 radical (unpaired) electrons. The van der Waals surface area contributed by atoms with Gasteiger partial charge in [0.2, 0.25) is 0 Å². The third-order valence-corrected chi connectivity index (χ3v) is 4.29. The van der Waals surface area contributed by atoms with Gasteiger partial charge in [0.25, 0.3) is 0 Å². The van der Waals surface area contributed by atoms with E-state index < -0.39 is 5.97 Å². The zero-order chi connectivity index (χ0) is 16.8. The Kier molecular flexibility index (Phi) is 3.14. The Morgan fingerprint density at radius 1 is 1.17 bits per heavy atom. The van der Waals surface area contributed by atoms with Crippen molar-refractivity contribution < 1.29 is 24.5 Å². The standard InChI is InChI=1S/C18H13NO5/c20-7-12-6-19(13-1-2-14(18(22)23)17(21)5-13)16-4-11-9-24-8-10(11)3-15(12)16/h1-7,21H,8-9H2,(H,22,23). The van der Waals surface area contributed by atoms with Crippen LogP contribution < -0.4 is 0 Å². The fourth-order valence-corrected chi connectivity index (χ4v) is 3.08. The number of carbonyl (C=O) groups excluding carboxylic acids is 1. The molecule has 24 heavy (non-hydrogen) atoms. The molecule has 1 aromatic heterocycles. The summed E-state index contributed by atoms with van der Waals surface area (Å²) in [7, 11) is 0. The highest BCUT2D eigenvalue weighted by Crippen LogP contribution is 2.32. The highest BCUT2D eigenvalue weighted by molar-refractivity contribution is 5.99. The quantitative estimate of drug-likeness (QED) is 0.724. The Morgan fingerprint density at radius 3 is 2.58 bits per heavy atom. The number of carbonyl (C=O) groups is 2. The molecule has 1 aliphatic heterocycles. The van der Waals surface area contributed by atoms with Crippen LogP contribution in [0.5, 0.6) is 5.75 Å². The van der Waals surface area contributed by atoms with Crippen LogP contribution in [0.1, 0.15) is 31.8 Å². The van der Waals surface area contributed by atoms with Gasteiger partial charge < -0.3 is 19.5 Å². The lowest BCUT2D eigenvalue weighted by molar-refractivity contribution is 0.0693. The second kappa shape index (κ2) is 5.21. The Hall–Kier alpha value is -3.12. The number of aldehydes is 1. The molecule has 0 atom stereocenters. The maximum absolute atomic E-state index is 11.4. The molecular weight excluding hydrogens is 310 g/mol. The van der Waals surface area contributed by atoms with Crippen molar-refractivity contribution in [3.05, 3.63) is 58.8 Å². The lowest BCUT2D eigenvalue weighted by atomic mass is 10.1. The first kappa shape index (κ1) is 14.5. The summed E-state index contributed by atoms with van der Waals surface area (Å²) in [5.41, 5.74) is 3.87. The number of hydrogen-bond donors (Lipinski definition) is 2. The molecule has 0 spiro atoms. The van der Waals surface area contributed by atoms with E-state index >= 15 is 0 Å². The van der Waals surface area contributed by atoms with E-state index in [0.29, 0.717) is 24.5 Å². The van der Waals surface area contributed by atoms with E-state index in [9.17, 15) is 14.7 Å². The van der Waals surface area contributed by atoms with Gasteiger partial charge in [-0.3, -0.25) is 4.79 Å². The summed E-state index contributed by atoms with van der Waals surface area (Å²) in [5, 5.41) is 19.8. The zero-order valence-corrected chi connectivity index (χ0v) is 12.5. The van der Waals surface area contributed by atoms with E-state index in [2.05, 4.69) is 0 Å². The van der Waals surface area contributed by atoms with E-state index in [1.54, 1.807) is 16.8 Å². The molecule has 0 amide bonds. The van der Waals surface area contributed by atoms with Crippen LogP contribution in [-0.4, -0.2) is 27.0 Å². The van der Waals surface area contributed by atoms with Crippen molar-refractivity contribution in [3.63, 3.8) is 0 Å². The van der Waals surface area contributed by atoms with Gasteiger partial charge in [0.1, 0.15) is 11.3 Å². The van der Waals surface area contributed by atoms with Crippen LogP contribution in [0.4, 0.5) is 0 Å². The monoisotopic (exact) mass is 323 g/mol. The van der Waals surface area contributed by atoms with Crippen LogP contribution in [0.3, 0.4) is 0 Å². The Bertz CT molecular complexity index is 1000. The second-order valence-electron chi connectivity index (χ2n) is 5.71. The number of aromatic nitrogens is 1. The fraction of sp³-hybridized carbons (Fsp3) is 0.111. The Morgan fingerprint density at radius 2 is 1.92 bits per heavy atom. The molecule has 120 valence electrons. The largest absolute Gasteiger partial charge is 0.507 e. The summed E-state index contributed by atoms with van der Waals surface area (Å²) >= 11 is 0. The summed E-state index contributed by atoms with van der Waals surface area (Å²) in [5.74, 6) is -1.51. The number of nitrogens with zero attached hydrogens (tertiary/aromatic N) is 1. The molecule has 2 aromatic carbocycles. The molecule has 6 nitrogen and oxygen atoms in total. The third kappa shape index (κ3) is 2.08. The molecule has 2 N–H and O–H groups in total. The number of carboxylic acids is 1. The fourth-order valence-electron chi connectivity index (χ4n) is 3.08. The average Bonchev–Trinajstić information content (AvgIpc) is 3.15. The van der Waals surface area contributed by atoms with Crippen molar-refractivity contribution in [2.24, 2.45) is 0 Å². The topological polar surface area (TPSA) is 88.8 Å². The van der Waals surface area contributed by atoms with Crippen LogP contribution in [0.15, 0.2) is 36.5 Å². The molecule has 2 heterocycles. The second-order valence-corrected chi connectivity index (χ2v) is 5.71. The van der Waals surface area contributed by atoms with E-state index in [0.717, 1.165) is 28.3 Å². The van der Waals surface area contributed by atoms with Gasteiger partial charge in [0.05, 0.1) is 18.7 Å². The normalized spacial score (nSPS) is 13.2. The minimum absolute atomic E-state index is 0.167. The zero-order valence-electron chi connectivity index (χ0n) is 12.5. The number of phenols is 1. The third-order valence-electron chi connectivity index (χ3n) is 4.29. The number of aromatic hydroxyl groups is 1. The molecule has 0 bridgehead atoms. The summed E-state index contributed by atoms with van der Waals surface area (Å²) in [4.78, 5) is 22.4. The van der Waals surface area contributed by atoms with Gasteiger partial charge in [-0.05, 0) is 35.4 Å². The van der Waals surface area contributed by atoms with Crippen molar-refractivity contribution in [3.8, 4) is 11.4 Å². The molecular formula is C18H13NO5. The Balaban J connectivity index is 1.95. The van der Waals surface area contributed by atoms with Crippen molar-refractivity contribution in [2.45, 2.75) is 13.2 Å². The SMILES string of the molecule is O=Cc1cn(-c2ccc(C(=O)O)c(O)c2)c2cc3c(cc12)COC3. The predicted molar refractivity (Wildman–Crippen MR) is 85.8 cm³/mol. The summed E-state index contributed by atoms with van der Waals surface area (Å²) in [6.07, 6.45) is 2.47. The molecule has 0 unspecified atom stereocenters. The van der Waals surface area contributed by atoms with Crippen LogP contribution in [0.25, 0.3) is 16.6 Å². The molecule has 6 heteroatoms. The number of rotatable bonds is 3. The minimum Gasteiger partial charge on any atom is -0.507 e. The molecule has 1 aliphatic rings. The van der Waals surface area contributed by atoms with Gasteiger partial charge >= 0.3 is 5.97 Å². The first-order chi connectivity index (χ1) is 11.6. The highest BCUT2D eigenvalue weighted by atomic mass is 16.5. The summed E-state index contributed by atoms with van der Waals surface area (Å²) in [6.45, 7) is 1.05. The molecule has 4 rings (SSSR count). The number of fused-ring (bicyclic) bond motifs is 2. The van der Waals surface area contributed by atoms with Gasteiger partial charge in [0.15, 0.2) is 6.29 Å². The number of aromatic carboxylic acids is 1. The van der Waals surface area contributed by atoms with Crippen LogP contribution in [0, 0.1) is 0 Å². The first-order valence-electron chi connectivity index (χ1n) is 7.35. The van der Waals surface area contributed by atoms with Crippen molar-refractivity contribution in [1.29, 1.82) is 0 Å². The average molecular weight is 323 g/mol. The summed E-state index contributed by atoms with van der Waals surface area (Å²) < 4.78 is 7.20. The number of carboxylic acid groups (broad SMARTS) is 1. The van der Waals surface area contributed by atoms with E-state index in [4.69, 9.17) is 9.84 Å². The molecule has 0 saturated heterocycles. The van der Waals surface area contributed by atoms with Gasteiger partial charge in [-0.2, -0.15) is 0 Å². The lowest BCUT2D eigenvalue weighted by Gasteiger charge is -2.08. The molecule has 0 fully saturated rings.